The van der Waals surface area contributed by atoms with Crippen molar-refractivity contribution < 1.29 is 0 Å². The second kappa shape index (κ2) is 7.44. The molecule has 1 atom stereocenters. The number of aromatic nitrogens is 2. The van der Waals surface area contributed by atoms with Crippen LogP contribution in [-0.2, 0) is 6.42 Å². The molecule has 0 saturated carbocycles. The fourth-order valence-electron chi connectivity index (χ4n) is 3.68. The maximum absolute atomic E-state index is 4.88. The van der Waals surface area contributed by atoms with Crippen molar-refractivity contribution in [3.05, 3.63) is 18.0 Å². The molecular formula is C18H33N3. The van der Waals surface area contributed by atoms with Crippen molar-refractivity contribution in [3.8, 4) is 0 Å². The van der Waals surface area contributed by atoms with E-state index in [0.29, 0.717) is 12.0 Å². The van der Waals surface area contributed by atoms with E-state index in [2.05, 4.69) is 50.0 Å². The van der Waals surface area contributed by atoms with E-state index in [1.807, 2.05) is 0 Å². The Labute approximate surface area is 130 Å². The summed E-state index contributed by atoms with van der Waals surface area (Å²) in [7, 11) is 0. The third-order valence-corrected chi connectivity index (χ3v) is 5.36. The maximum Gasteiger partial charge on any atom is 0.0643 e. The Morgan fingerprint density at radius 1 is 1.24 bits per heavy atom. The van der Waals surface area contributed by atoms with Gasteiger partial charge in [0, 0.05) is 18.2 Å². The molecule has 0 spiro atoms. The van der Waals surface area contributed by atoms with E-state index in [9.17, 15) is 0 Å². The van der Waals surface area contributed by atoms with Gasteiger partial charge in [-0.15, -0.1) is 0 Å². The van der Waals surface area contributed by atoms with E-state index < -0.39 is 0 Å². The summed E-state index contributed by atoms with van der Waals surface area (Å²) in [6.45, 7) is 10.4. The highest BCUT2D eigenvalue weighted by Gasteiger charge is 2.34. The van der Waals surface area contributed by atoms with Crippen LogP contribution in [0.2, 0.25) is 0 Å². The Kier molecular flexibility index (Phi) is 5.86. The molecule has 2 heterocycles. The SMILES string of the molecule is CCC(CC)n1ccc(CC2(C(C)C)CCCCCN2)n1. The van der Waals surface area contributed by atoms with Crippen molar-refractivity contribution in [1.29, 1.82) is 0 Å². The van der Waals surface area contributed by atoms with E-state index >= 15 is 0 Å². The quantitative estimate of drug-likeness (QED) is 0.844. The molecule has 0 amide bonds. The predicted octanol–water partition coefficient (Wildman–Crippen LogP) is 4.35. The van der Waals surface area contributed by atoms with Gasteiger partial charge >= 0.3 is 0 Å². The molecule has 3 heteroatoms. The first-order valence-corrected chi connectivity index (χ1v) is 8.90. The Morgan fingerprint density at radius 3 is 2.67 bits per heavy atom. The fraction of sp³-hybridized carbons (Fsp3) is 0.833. The van der Waals surface area contributed by atoms with Gasteiger partial charge < -0.3 is 5.32 Å². The monoisotopic (exact) mass is 291 g/mol. The Bertz CT molecular complexity index is 410. The highest BCUT2D eigenvalue weighted by Crippen LogP contribution is 2.30. The molecule has 120 valence electrons. The zero-order valence-corrected chi connectivity index (χ0v) is 14.4. The maximum atomic E-state index is 4.88. The Morgan fingerprint density at radius 2 is 2.00 bits per heavy atom. The highest BCUT2D eigenvalue weighted by atomic mass is 15.3. The van der Waals surface area contributed by atoms with Crippen molar-refractivity contribution in [2.75, 3.05) is 6.54 Å². The number of hydrogen-bond acceptors (Lipinski definition) is 2. The normalized spacial score (nSPS) is 23.7. The Hall–Kier alpha value is -0.830. The average Bonchev–Trinajstić information content (AvgIpc) is 2.78. The molecule has 1 saturated heterocycles. The van der Waals surface area contributed by atoms with E-state index in [4.69, 9.17) is 5.10 Å². The molecule has 0 aromatic carbocycles. The number of nitrogens with zero attached hydrogens (tertiary/aromatic N) is 2. The van der Waals surface area contributed by atoms with Gasteiger partial charge in [0.25, 0.3) is 0 Å². The van der Waals surface area contributed by atoms with Crippen LogP contribution in [0.3, 0.4) is 0 Å². The third kappa shape index (κ3) is 3.88. The molecule has 1 aliphatic rings. The Balaban J connectivity index is 2.13. The highest BCUT2D eigenvalue weighted by molar-refractivity contribution is 5.08. The summed E-state index contributed by atoms with van der Waals surface area (Å²) in [6.07, 6.45) is 10.9. The first kappa shape index (κ1) is 16.5. The lowest BCUT2D eigenvalue weighted by Gasteiger charge is -2.37. The van der Waals surface area contributed by atoms with Gasteiger partial charge in [0.15, 0.2) is 0 Å². The van der Waals surface area contributed by atoms with Gasteiger partial charge in [0.05, 0.1) is 11.7 Å². The molecule has 0 bridgehead atoms. The van der Waals surface area contributed by atoms with Crippen LogP contribution in [0.5, 0.6) is 0 Å². The molecule has 1 aromatic heterocycles. The lowest BCUT2D eigenvalue weighted by Crippen LogP contribution is -2.51. The van der Waals surface area contributed by atoms with Crippen LogP contribution >= 0.6 is 0 Å². The molecule has 3 nitrogen and oxygen atoms in total. The van der Waals surface area contributed by atoms with Crippen molar-refractivity contribution in [2.24, 2.45) is 5.92 Å². The van der Waals surface area contributed by atoms with Gasteiger partial charge in [-0.1, -0.05) is 40.5 Å². The van der Waals surface area contributed by atoms with E-state index in [-0.39, 0.29) is 5.54 Å². The lowest BCUT2D eigenvalue weighted by molar-refractivity contribution is 0.223. The fourth-order valence-corrected chi connectivity index (χ4v) is 3.68. The largest absolute Gasteiger partial charge is 0.311 e. The minimum atomic E-state index is 0.240. The zero-order chi connectivity index (χ0) is 15.3. The van der Waals surface area contributed by atoms with Crippen LogP contribution < -0.4 is 5.32 Å². The van der Waals surface area contributed by atoms with Gasteiger partial charge in [-0.05, 0) is 44.2 Å². The summed E-state index contributed by atoms with van der Waals surface area (Å²) >= 11 is 0. The molecule has 21 heavy (non-hydrogen) atoms. The lowest BCUT2D eigenvalue weighted by atomic mass is 9.79. The van der Waals surface area contributed by atoms with Gasteiger partial charge in [-0.25, -0.2) is 0 Å². The smallest absolute Gasteiger partial charge is 0.0643 e. The van der Waals surface area contributed by atoms with Crippen LogP contribution in [-0.4, -0.2) is 21.9 Å². The van der Waals surface area contributed by atoms with Gasteiger partial charge in [-0.2, -0.15) is 5.10 Å². The van der Waals surface area contributed by atoms with Gasteiger partial charge in [-0.3, -0.25) is 4.68 Å². The van der Waals surface area contributed by atoms with Crippen molar-refractivity contribution in [2.45, 2.75) is 84.2 Å². The van der Waals surface area contributed by atoms with Crippen molar-refractivity contribution in [3.63, 3.8) is 0 Å². The predicted molar refractivity (Wildman–Crippen MR) is 89.6 cm³/mol. The summed E-state index contributed by atoms with van der Waals surface area (Å²) < 4.78 is 2.18. The summed E-state index contributed by atoms with van der Waals surface area (Å²) in [4.78, 5) is 0. The van der Waals surface area contributed by atoms with Crippen LogP contribution in [0.1, 0.15) is 78.0 Å². The van der Waals surface area contributed by atoms with E-state index in [1.165, 1.54) is 31.4 Å². The number of nitrogens with one attached hydrogen (secondary N) is 1. The second-order valence-electron chi connectivity index (χ2n) is 6.98. The van der Waals surface area contributed by atoms with Gasteiger partial charge in [0.1, 0.15) is 0 Å². The molecule has 2 rings (SSSR count). The first-order valence-electron chi connectivity index (χ1n) is 8.90. The number of rotatable bonds is 6. The van der Waals surface area contributed by atoms with Crippen LogP contribution in [0, 0.1) is 5.92 Å². The minimum absolute atomic E-state index is 0.240. The second-order valence-corrected chi connectivity index (χ2v) is 6.98. The van der Waals surface area contributed by atoms with Crippen LogP contribution in [0.15, 0.2) is 12.3 Å². The summed E-state index contributed by atoms with van der Waals surface area (Å²) in [5.41, 5.74) is 1.49. The molecule has 0 radical (unpaired) electrons. The van der Waals surface area contributed by atoms with E-state index in [1.54, 1.807) is 0 Å². The summed E-state index contributed by atoms with van der Waals surface area (Å²) in [5.74, 6) is 0.647. The van der Waals surface area contributed by atoms with Crippen molar-refractivity contribution in [1.82, 2.24) is 15.1 Å². The minimum Gasteiger partial charge on any atom is -0.311 e. The molecule has 1 fully saturated rings. The molecule has 1 aliphatic heterocycles. The molecule has 1 unspecified atom stereocenters. The molecule has 1 aromatic rings. The molecular weight excluding hydrogens is 258 g/mol. The van der Waals surface area contributed by atoms with Crippen LogP contribution in [0.25, 0.3) is 0 Å². The zero-order valence-electron chi connectivity index (χ0n) is 14.4. The average molecular weight is 291 g/mol. The van der Waals surface area contributed by atoms with Crippen LogP contribution in [0.4, 0.5) is 0 Å². The van der Waals surface area contributed by atoms with E-state index in [0.717, 1.165) is 25.8 Å². The standard InChI is InChI=1S/C18H33N3/c1-5-17(6-2)21-13-10-16(20-21)14-18(15(3)4)11-8-7-9-12-19-18/h10,13,15,17,19H,5-9,11-12,14H2,1-4H3. The molecule has 1 N–H and O–H groups in total. The topological polar surface area (TPSA) is 29.9 Å². The van der Waals surface area contributed by atoms with Gasteiger partial charge in [0.2, 0.25) is 0 Å². The summed E-state index contributed by atoms with van der Waals surface area (Å²) in [6, 6.07) is 2.78. The van der Waals surface area contributed by atoms with Crippen molar-refractivity contribution >= 4 is 0 Å². The molecule has 0 aliphatic carbocycles. The summed E-state index contributed by atoms with van der Waals surface area (Å²) in [5, 5.41) is 8.74. The number of hydrogen-bond donors (Lipinski definition) is 1. The third-order valence-electron chi connectivity index (χ3n) is 5.36. The first-order chi connectivity index (χ1) is 10.1.